The highest BCUT2D eigenvalue weighted by Gasteiger charge is 2.14. The van der Waals surface area contributed by atoms with Crippen LogP contribution in [0.2, 0.25) is 0 Å². The van der Waals surface area contributed by atoms with Crippen LogP contribution in [-0.4, -0.2) is 28.3 Å². The van der Waals surface area contributed by atoms with Gasteiger partial charge in [-0.1, -0.05) is 18.7 Å². The third-order valence-corrected chi connectivity index (χ3v) is 5.52. The molecular formula is C18H18N2O3S2. The minimum Gasteiger partial charge on any atom is -0.494 e. The van der Waals surface area contributed by atoms with Crippen molar-refractivity contribution in [3.05, 3.63) is 46.2 Å². The molecule has 0 unspecified atom stereocenters. The van der Waals surface area contributed by atoms with Gasteiger partial charge in [-0.15, -0.1) is 21.5 Å². The van der Waals surface area contributed by atoms with E-state index in [1.165, 1.54) is 16.6 Å². The Morgan fingerprint density at radius 2 is 1.96 bits per heavy atom. The molecule has 0 saturated carbocycles. The van der Waals surface area contributed by atoms with Crippen LogP contribution in [-0.2, 0) is 6.42 Å². The van der Waals surface area contributed by atoms with E-state index in [1.54, 1.807) is 11.3 Å². The first kappa shape index (κ1) is 17.7. The van der Waals surface area contributed by atoms with Crippen LogP contribution in [0.15, 0.2) is 46.0 Å². The number of thioether (sulfide) groups is 1. The van der Waals surface area contributed by atoms with Crippen molar-refractivity contribution < 1.29 is 13.9 Å². The summed E-state index contributed by atoms with van der Waals surface area (Å²) >= 11 is 2.80. The third kappa shape index (κ3) is 4.49. The molecule has 130 valence electrons. The number of hydrogen-bond acceptors (Lipinski definition) is 7. The van der Waals surface area contributed by atoms with Gasteiger partial charge in [0.25, 0.3) is 5.22 Å². The summed E-state index contributed by atoms with van der Waals surface area (Å²) < 4.78 is 11.0. The second-order valence-electron chi connectivity index (χ2n) is 5.16. The Balaban J connectivity index is 1.60. The molecule has 0 N–H and O–H groups in total. The topological polar surface area (TPSA) is 65.2 Å². The zero-order valence-corrected chi connectivity index (χ0v) is 15.7. The van der Waals surface area contributed by atoms with Crippen LogP contribution >= 0.6 is 23.1 Å². The van der Waals surface area contributed by atoms with Crippen molar-refractivity contribution in [3.63, 3.8) is 0 Å². The van der Waals surface area contributed by atoms with Crippen LogP contribution in [0, 0.1) is 0 Å². The number of hydrogen-bond donors (Lipinski definition) is 0. The number of thiophene rings is 1. The largest absolute Gasteiger partial charge is 0.494 e. The Morgan fingerprint density at radius 3 is 2.64 bits per heavy atom. The number of Topliss-reactive ketones (excluding diaryl/α,β-unsaturated/α-hetero) is 1. The van der Waals surface area contributed by atoms with Gasteiger partial charge in [-0.3, -0.25) is 4.79 Å². The van der Waals surface area contributed by atoms with Crippen LogP contribution in [0.3, 0.4) is 0 Å². The monoisotopic (exact) mass is 374 g/mol. The van der Waals surface area contributed by atoms with E-state index < -0.39 is 0 Å². The molecule has 0 radical (unpaired) electrons. The standard InChI is InChI=1S/C18H18N2O3S2/c1-3-14-9-10-16(25-14)15(21)11-24-18-20-19-17(23-18)12-5-7-13(8-6-12)22-4-2/h5-10H,3-4,11H2,1-2H3. The maximum absolute atomic E-state index is 12.2. The fourth-order valence-corrected chi connectivity index (χ4v) is 3.78. The molecule has 0 aliphatic heterocycles. The number of carbonyl (C=O) groups excluding carboxylic acids is 1. The molecule has 7 heteroatoms. The number of aromatic nitrogens is 2. The van der Waals surface area contributed by atoms with E-state index in [9.17, 15) is 4.79 Å². The maximum atomic E-state index is 12.2. The van der Waals surface area contributed by atoms with Crippen molar-refractivity contribution in [2.45, 2.75) is 25.5 Å². The number of nitrogens with zero attached hydrogens (tertiary/aromatic N) is 2. The number of ether oxygens (including phenoxy) is 1. The zero-order chi connectivity index (χ0) is 17.6. The van der Waals surface area contributed by atoms with Gasteiger partial charge in [0, 0.05) is 10.4 Å². The summed E-state index contributed by atoms with van der Waals surface area (Å²) in [5.41, 5.74) is 0.819. The Hall–Kier alpha value is -2.12. The zero-order valence-electron chi connectivity index (χ0n) is 14.0. The first-order chi connectivity index (χ1) is 12.2. The first-order valence-electron chi connectivity index (χ1n) is 8.01. The smallest absolute Gasteiger partial charge is 0.277 e. The fourth-order valence-electron chi connectivity index (χ4n) is 2.16. The molecule has 0 saturated heterocycles. The molecule has 2 heterocycles. The highest BCUT2D eigenvalue weighted by molar-refractivity contribution is 7.99. The highest BCUT2D eigenvalue weighted by Crippen LogP contribution is 2.26. The van der Waals surface area contributed by atoms with Gasteiger partial charge in [0.15, 0.2) is 5.78 Å². The average Bonchev–Trinajstić information content (AvgIpc) is 3.30. The van der Waals surface area contributed by atoms with E-state index in [0.29, 0.717) is 17.7 Å². The minimum absolute atomic E-state index is 0.0792. The summed E-state index contributed by atoms with van der Waals surface area (Å²) in [6, 6.07) is 11.3. The van der Waals surface area contributed by atoms with Gasteiger partial charge in [0.2, 0.25) is 5.89 Å². The highest BCUT2D eigenvalue weighted by atomic mass is 32.2. The summed E-state index contributed by atoms with van der Waals surface area (Å²) in [6.45, 7) is 4.64. The van der Waals surface area contributed by atoms with Crippen LogP contribution in [0.4, 0.5) is 0 Å². The average molecular weight is 374 g/mol. The Kier molecular flexibility index (Phi) is 5.88. The summed E-state index contributed by atoms with van der Waals surface area (Å²) in [6.07, 6.45) is 0.945. The van der Waals surface area contributed by atoms with Gasteiger partial charge >= 0.3 is 0 Å². The van der Waals surface area contributed by atoms with Gasteiger partial charge in [0.1, 0.15) is 5.75 Å². The summed E-state index contributed by atoms with van der Waals surface area (Å²) in [5, 5.41) is 8.44. The van der Waals surface area contributed by atoms with E-state index in [4.69, 9.17) is 9.15 Å². The van der Waals surface area contributed by atoms with Crippen molar-refractivity contribution in [1.29, 1.82) is 0 Å². The van der Waals surface area contributed by atoms with Crippen molar-refractivity contribution in [2.75, 3.05) is 12.4 Å². The lowest BCUT2D eigenvalue weighted by Gasteiger charge is -2.02. The second-order valence-corrected chi connectivity index (χ2v) is 7.26. The lowest BCUT2D eigenvalue weighted by atomic mass is 10.2. The third-order valence-electron chi connectivity index (χ3n) is 3.43. The SMILES string of the molecule is CCOc1ccc(-c2nnc(SCC(=O)c3ccc(CC)s3)o2)cc1. The molecule has 0 bridgehead atoms. The molecule has 2 aromatic heterocycles. The molecule has 0 aliphatic carbocycles. The Bertz CT molecular complexity index is 840. The van der Waals surface area contributed by atoms with E-state index >= 15 is 0 Å². The normalized spacial score (nSPS) is 10.8. The quantitative estimate of drug-likeness (QED) is 0.419. The van der Waals surface area contributed by atoms with Crippen molar-refractivity contribution >= 4 is 28.9 Å². The fraction of sp³-hybridized carbons (Fsp3) is 0.278. The number of rotatable bonds is 8. The summed E-state index contributed by atoms with van der Waals surface area (Å²) in [7, 11) is 0. The van der Waals surface area contributed by atoms with Gasteiger partial charge in [-0.25, -0.2) is 0 Å². The minimum atomic E-state index is 0.0792. The number of aryl methyl sites for hydroxylation is 1. The van der Waals surface area contributed by atoms with Crippen LogP contribution in [0.1, 0.15) is 28.4 Å². The molecule has 5 nitrogen and oxygen atoms in total. The van der Waals surface area contributed by atoms with Gasteiger partial charge in [-0.2, -0.15) is 0 Å². The van der Waals surface area contributed by atoms with E-state index in [0.717, 1.165) is 22.6 Å². The molecule has 25 heavy (non-hydrogen) atoms. The lowest BCUT2D eigenvalue weighted by molar-refractivity contribution is 0.102. The number of carbonyl (C=O) groups is 1. The summed E-state index contributed by atoms with van der Waals surface area (Å²) in [4.78, 5) is 14.2. The molecule has 3 aromatic rings. The Morgan fingerprint density at radius 1 is 1.16 bits per heavy atom. The van der Waals surface area contributed by atoms with Gasteiger partial charge < -0.3 is 9.15 Å². The van der Waals surface area contributed by atoms with Crippen molar-refractivity contribution in [2.24, 2.45) is 0 Å². The second kappa shape index (κ2) is 8.31. The predicted octanol–water partition coefficient (Wildman–Crippen LogP) is 4.73. The molecule has 0 atom stereocenters. The van der Waals surface area contributed by atoms with Gasteiger partial charge in [-0.05, 0) is 49.7 Å². The molecule has 0 fully saturated rings. The van der Waals surface area contributed by atoms with Crippen LogP contribution in [0.5, 0.6) is 5.75 Å². The number of ketones is 1. The molecule has 3 rings (SSSR count). The van der Waals surface area contributed by atoms with Crippen LogP contribution in [0.25, 0.3) is 11.5 Å². The van der Waals surface area contributed by atoms with E-state index in [-0.39, 0.29) is 11.5 Å². The summed E-state index contributed by atoms with van der Waals surface area (Å²) in [5.74, 6) is 1.60. The van der Waals surface area contributed by atoms with Crippen molar-refractivity contribution in [3.8, 4) is 17.2 Å². The molecule has 0 aliphatic rings. The maximum Gasteiger partial charge on any atom is 0.277 e. The van der Waals surface area contributed by atoms with Crippen LogP contribution < -0.4 is 4.74 Å². The van der Waals surface area contributed by atoms with E-state index in [2.05, 4.69) is 17.1 Å². The van der Waals surface area contributed by atoms with Gasteiger partial charge in [0.05, 0.1) is 17.2 Å². The first-order valence-corrected chi connectivity index (χ1v) is 9.81. The molecular weight excluding hydrogens is 356 g/mol. The van der Waals surface area contributed by atoms with E-state index in [1.807, 2.05) is 43.3 Å². The lowest BCUT2D eigenvalue weighted by Crippen LogP contribution is -1.99. The van der Waals surface area contributed by atoms with Crippen molar-refractivity contribution in [1.82, 2.24) is 10.2 Å². The molecule has 0 amide bonds. The Labute approximate surface area is 154 Å². The molecule has 0 spiro atoms. The number of benzene rings is 1. The molecule has 1 aromatic carbocycles. The predicted molar refractivity (Wildman–Crippen MR) is 99.7 cm³/mol.